The number of hydrogen-bond donors (Lipinski definition) is 3. The topological polar surface area (TPSA) is 108 Å². The van der Waals surface area contributed by atoms with Gasteiger partial charge in [0.1, 0.15) is 6.04 Å². The van der Waals surface area contributed by atoms with Gasteiger partial charge in [-0.3, -0.25) is 9.59 Å². The molecule has 6 nitrogen and oxygen atoms in total. The van der Waals surface area contributed by atoms with E-state index in [9.17, 15) is 14.9 Å². The number of rotatable bonds is 5. The third-order valence-electron chi connectivity index (χ3n) is 6.43. The number of nitrogens with one attached hydrogen (secondary N) is 2. The quantitative estimate of drug-likeness (QED) is 0.651. The summed E-state index contributed by atoms with van der Waals surface area (Å²) in [5.74, 6) is -0.233. The van der Waals surface area contributed by atoms with Crippen molar-refractivity contribution in [2.75, 3.05) is 0 Å². The third kappa shape index (κ3) is 4.62. The average Bonchev–Trinajstić information content (AvgIpc) is 3.00. The van der Waals surface area contributed by atoms with E-state index < -0.39 is 11.6 Å². The maximum atomic E-state index is 12.8. The zero-order valence-corrected chi connectivity index (χ0v) is 17.6. The Hall–Kier alpha value is -3.17. The Kier molecular flexibility index (Phi) is 6.06. The van der Waals surface area contributed by atoms with E-state index in [-0.39, 0.29) is 11.8 Å². The van der Waals surface area contributed by atoms with E-state index in [1.54, 1.807) is 0 Å². The van der Waals surface area contributed by atoms with E-state index in [1.165, 1.54) is 0 Å². The molecule has 1 heterocycles. The van der Waals surface area contributed by atoms with Crippen LogP contribution in [-0.2, 0) is 17.8 Å². The predicted octanol–water partition coefficient (Wildman–Crippen LogP) is 3.20. The monoisotopic (exact) mass is 416 g/mol. The van der Waals surface area contributed by atoms with Crippen molar-refractivity contribution in [2.24, 2.45) is 5.73 Å². The Bertz CT molecular complexity index is 1010. The molecular formula is C25H28N4O2. The number of benzene rings is 2. The molecule has 31 heavy (non-hydrogen) atoms. The van der Waals surface area contributed by atoms with Crippen LogP contribution in [0.25, 0.3) is 11.1 Å². The summed E-state index contributed by atoms with van der Waals surface area (Å²) in [6.45, 7) is 0.562. The molecule has 1 unspecified atom stereocenters. The number of amides is 2. The van der Waals surface area contributed by atoms with Gasteiger partial charge < -0.3 is 16.4 Å². The van der Waals surface area contributed by atoms with E-state index in [0.717, 1.165) is 53.5 Å². The van der Waals surface area contributed by atoms with Crippen molar-refractivity contribution in [3.63, 3.8) is 0 Å². The van der Waals surface area contributed by atoms with Gasteiger partial charge in [0.2, 0.25) is 5.91 Å². The second-order valence-electron chi connectivity index (χ2n) is 8.68. The zero-order valence-electron chi connectivity index (χ0n) is 17.6. The van der Waals surface area contributed by atoms with Crippen molar-refractivity contribution in [3.8, 4) is 17.2 Å². The molecule has 2 aromatic carbocycles. The van der Waals surface area contributed by atoms with E-state index in [2.05, 4.69) is 16.7 Å². The normalized spacial score (nSPS) is 18.3. The fraction of sp³-hybridized carbons (Fsp3) is 0.400. The van der Waals surface area contributed by atoms with Crippen LogP contribution in [0.1, 0.15) is 60.0 Å². The van der Waals surface area contributed by atoms with Gasteiger partial charge in [0, 0.05) is 18.5 Å². The number of nitrogens with two attached hydrogens (primary N) is 1. The zero-order chi connectivity index (χ0) is 21.8. The Morgan fingerprint density at radius 3 is 2.45 bits per heavy atom. The Morgan fingerprint density at radius 2 is 1.77 bits per heavy atom. The molecule has 1 saturated carbocycles. The van der Waals surface area contributed by atoms with E-state index in [4.69, 9.17) is 5.73 Å². The molecule has 4 rings (SSSR count). The highest BCUT2D eigenvalue weighted by molar-refractivity contribution is 5.98. The standard InChI is InChI=1S/C25H28N4O2/c26-15-21(29-24(31)25(27)11-3-1-2-4-12-25)13-17-5-7-18(8-6-17)19-9-10-22-20(14-19)16-28-23(22)30/h5-10,14,21H,1-4,11-13,16,27H2,(H,28,30)(H,29,31). The Balaban J connectivity index is 1.41. The lowest BCUT2D eigenvalue weighted by Crippen LogP contribution is -2.56. The molecule has 2 aliphatic rings. The van der Waals surface area contributed by atoms with Crippen LogP contribution in [0.15, 0.2) is 42.5 Å². The first kappa shape index (κ1) is 21.1. The van der Waals surface area contributed by atoms with Gasteiger partial charge in [0.15, 0.2) is 0 Å². The van der Waals surface area contributed by atoms with Gasteiger partial charge in [-0.05, 0) is 47.2 Å². The summed E-state index contributed by atoms with van der Waals surface area (Å²) in [7, 11) is 0. The van der Waals surface area contributed by atoms with Crippen LogP contribution in [0.2, 0.25) is 0 Å². The maximum absolute atomic E-state index is 12.8. The molecule has 1 aliphatic heterocycles. The number of nitrogens with zero attached hydrogens (tertiary/aromatic N) is 1. The predicted molar refractivity (Wildman–Crippen MR) is 119 cm³/mol. The Labute approximate surface area is 182 Å². The van der Waals surface area contributed by atoms with Crippen LogP contribution in [0, 0.1) is 11.3 Å². The molecule has 6 heteroatoms. The fourth-order valence-corrected chi connectivity index (χ4v) is 4.50. The lowest BCUT2D eigenvalue weighted by atomic mass is 9.90. The summed E-state index contributed by atoms with van der Waals surface area (Å²) < 4.78 is 0. The largest absolute Gasteiger partial charge is 0.348 e. The van der Waals surface area contributed by atoms with Gasteiger partial charge in [-0.2, -0.15) is 5.26 Å². The summed E-state index contributed by atoms with van der Waals surface area (Å²) >= 11 is 0. The average molecular weight is 417 g/mol. The van der Waals surface area contributed by atoms with Gasteiger partial charge in [-0.15, -0.1) is 0 Å². The second-order valence-corrected chi connectivity index (χ2v) is 8.68. The summed E-state index contributed by atoms with van der Waals surface area (Å²) in [5, 5.41) is 15.3. The van der Waals surface area contributed by atoms with E-state index in [1.807, 2.05) is 42.5 Å². The molecule has 0 bridgehead atoms. The summed E-state index contributed by atoms with van der Waals surface area (Å²) in [6.07, 6.45) is 5.90. The minimum absolute atomic E-state index is 0.0235. The summed E-state index contributed by atoms with van der Waals surface area (Å²) in [5.41, 5.74) is 10.3. The number of nitriles is 1. The molecule has 2 amide bonds. The van der Waals surface area contributed by atoms with Crippen molar-refractivity contribution in [1.82, 2.24) is 10.6 Å². The number of fused-ring (bicyclic) bond motifs is 1. The molecular weight excluding hydrogens is 388 g/mol. The number of hydrogen-bond acceptors (Lipinski definition) is 4. The summed E-state index contributed by atoms with van der Waals surface area (Å²) in [4.78, 5) is 24.5. The molecule has 4 N–H and O–H groups in total. The first-order valence-electron chi connectivity index (χ1n) is 11.0. The molecule has 0 spiro atoms. The van der Waals surface area contributed by atoms with Crippen LogP contribution >= 0.6 is 0 Å². The van der Waals surface area contributed by atoms with E-state index in [0.29, 0.717) is 25.8 Å². The first-order chi connectivity index (χ1) is 15.0. The molecule has 1 atom stereocenters. The highest BCUT2D eigenvalue weighted by Crippen LogP contribution is 2.27. The lowest BCUT2D eigenvalue weighted by molar-refractivity contribution is -0.127. The molecule has 1 aliphatic carbocycles. The molecule has 2 aromatic rings. The van der Waals surface area contributed by atoms with Crippen LogP contribution in [-0.4, -0.2) is 23.4 Å². The van der Waals surface area contributed by atoms with Gasteiger partial charge >= 0.3 is 0 Å². The van der Waals surface area contributed by atoms with Crippen LogP contribution in [0.5, 0.6) is 0 Å². The van der Waals surface area contributed by atoms with Crippen molar-refractivity contribution in [3.05, 3.63) is 59.2 Å². The molecule has 0 saturated heterocycles. The SMILES string of the molecule is N#CC(Cc1ccc(-c2ccc3c(c2)CNC3=O)cc1)NC(=O)C1(N)CCCCCC1. The van der Waals surface area contributed by atoms with Crippen molar-refractivity contribution in [1.29, 1.82) is 5.26 Å². The van der Waals surface area contributed by atoms with Crippen molar-refractivity contribution < 1.29 is 9.59 Å². The van der Waals surface area contributed by atoms with Crippen LogP contribution in [0.3, 0.4) is 0 Å². The highest BCUT2D eigenvalue weighted by atomic mass is 16.2. The van der Waals surface area contributed by atoms with Gasteiger partial charge in [-0.1, -0.05) is 56.0 Å². The second kappa shape index (κ2) is 8.91. The first-order valence-corrected chi connectivity index (χ1v) is 11.0. The Morgan fingerprint density at radius 1 is 1.10 bits per heavy atom. The van der Waals surface area contributed by atoms with Crippen molar-refractivity contribution in [2.45, 2.75) is 63.1 Å². The van der Waals surface area contributed by atoms with E-state index >= 15 is 0 Å². The number of carbonyl (C=O) groups is 2. The minimum Gasteiger partial charge on any atom is -0.348 e. The third-order valence-corrected chi connectivity index (χ3v) is 6.43. The number of carbonyl (C=O) groups excluding carboxylic acids is 2. The highest BCUT2D eigenvalue weighted by Gasteiger charge is 2.35. The smallest absolute Gasteiger partial charge is 0.251 e. The van der Waals surface area contributed by atoms with Gasteiger partial charge in [-0.25, -0.2) is 0 Å². The van der Waals surface area contributed by atoms with Gasteiger partial charge in [0.05, 0.1) is 11.6 Å². The minimum atomic E-state index is -0.862. The summed E-state index contributed by atoms with van der Waals surface area (Å²) in [6, 6.07) is 15.4. The molecule has 0 radical (unpaired) electrons. The maximum Gasteiger partial charge on any atom is 0.251 e. The molecule has 1 fully saturated rings. The fourth-order valence-electron chi connectivity index (χ4n) is 4.50. The van der Waals surface area contributed by atoms with Gasteiger partial charge in [0.25, 0.3) is 5.91 Å². The molecule has 160 valence electrons. The lowest BCUT2D eigenvalue weighted by Gasteiger charge is -2.28. The van der Waals surface area contributed by atoms with Crippen molar-refractivity contribution >= 4 is 11.8 Å². The van der Waals surface area contributed by atoms with Crippen LogP contribution in [0.4, 0.5) is 0 Å². The molecule has 0 aromatic heterocycles. The van der Waals surface area contributed by atoms with Crippen LogP contribution < -0.4 is 16.4 Å².